The molecule has 1 aromatic rings. The van der Waals surface area contributed by atoms with E-state index in [1.54, 1.807) is 0 Å². The second-order valence-electron chi connectivity index (χ2n) is 4.09. The van der Waals surface area contributed by atoms with Gasteiger partial charge >= 0.3 is 0 Å². The summed E-state index contributed by atoms with van der Waals surface area (Å²) in [5, 5.41) is 0. The van der Waals surface area contributed by atoms with Crippen LogP contribution in [0.25, 0.3) is 0 Å². The van der Waals surface area contributed by atoms with Crippen LogP contribution in [0.2, 0.25) is 0 Å². The number of nitrogens with zero attached hydrogens (tertiary/aromatic N) is 1. The molecule has 80 valence electrons. The second-order valence-corrected chi connectivity index (χ2v) is 5.20. The molecule has 0 radical (unpaired) electrons. The van der Waals surface area contributed by atoms with Gasteiger partial charge in [0.15, 0.2) is 0 Å². The largest absolute Gasteiger partial charge is 0.311 e. The summed E-state index contributed by atoms with van der Waals surface area (Å²) >= 11 is 3.39. The van der Waals surface area contributed by atoms with Gasteiger partial charge in [0.2, 0.25) is 5.91 Å². The highest BCUT2D eigenvalue weighted by Crippen LogP contribution is 2.26. The van der Waals surface area contributed by atoms with Gasteiger partial charge in [-0.25, -0.2) is 0 Å². The summed E-state index contributed by atoms with van der Waals surface area (Å²) in [5.41, 5.74) is 3.44. The number of alkyl halides is 1. The minimum atomic E-state index is -0.00156. The number of amides is 1. The van der Waals surface area contributed by atoms with E-state index in [1.807, 2.05) is 4.90 Å². The van der Waals surface area contributed by atoms with Crippen molar-refractivity contribution in [3.8, 4) is 0 Å². The lowest BCUT2D eigenvalue weighted by atomic mass is 10.1. The van der Waals surface area contributed by atoms with E-state index in [4.69, 9.17) is 0 Å². The van der Waals surface area contributed by atoms with E-state index in [9.17, 15) is 4.79 Å². The summed E-state index contributed by atoms with van der Waals surface area (Å²) in [5.74, 6) is 0.181. The Bertz CT molecular complexity index is 382. The Labute approximate surface area is 98.4 Å². The van der Waals surface area contributed by atoms with Crippen molar-refractivity contribution in [1.29, 1.82) is 0 Å². The normalized spacial score (nSPS) is 21.1. The van der Waals surface area contributed by atoms with Crippen LogP contribution in [-0.4, -0.2) is 17.3 Å². The maximum Gasteiger partial charge on any atom is 0.240 e. The summed E-state index contributed by atoms with van der Waals surface area (Å²) in [4.78, 5) is 13.7. The van der Waals surface area contributed by atoms with Gasteiger partial charge in [-0.05, 0) is 43.5 Å². The first-order chi connectivity index (χ1) is 7.08. The SMILES string of the molecule is Cc1cc(C)cc(N2CCC(Br)C2=O)c1. The zero-order chi connectivity index (χ0) is 11.0. The van der Waals surface area contributed by atoms with Gasteiger partial charge in [-0.3, -0.25) is 4.79 Å². The predicted octanol–water partition coefficient (Wildman–Crippen LogP) is 2.80. The molecule has 1 aliphatic rings. The number of hydrogen-bond acceptors (Lipinski definition) is 1. The van der Waals surface area contributed by atoms with E-state index in [0.717, 1.165) is 18.7 Å². The molecule has 1 atom stereocenters. The summed E-state index contributed by atoms with van der Waals surface area (Å²) in [6, 6.07) is 6.25. The van der Waals surface area contributed by atoms with Crippen LogP contribution in [-0.2, 0) is 4.79 Å². The van der Waals surface area contributed by atoms with Gasteiger partial charge in [-0.1, -0.05) is 22.0 Å². The van der Waals surface area contributed by atoms with Crippen molar-refractivity contribution < 1.29 is 4.79 Å². The van der Waals surface area contributed by atoms with Crippen molar-refractivity contribution in [2.45, 2.75) is 25.1 Å². The Balaban J connectivity index is 2.34. The quantitative estimate of drug-likeness (QED) is 0.717. The first-order valence-corrected chi connectivity index (χ1v) is 6.03. The van der Waals surface area contributed by atoms with E-state index in [-0.39, 0.29) is 10.7 Å². The maximum atomic E-state index is 11.8. The molecule has 3 heteroatoms. The molecule has 1 unspecified atom stereocenters. The summed E-state index contributed by atoms with van der Waals surface area (Å²) < 4.78 is 0. The molecule has 1 heterocycles. The molecule has 0 aliphatic carbocycles. The molecule has 0 aromatic heterocycles. The van der Waals surface area contributed by atoms with E-state index < -0.39 is 0 Å². The van der Waals surface area contributed by atoms with E-state index in [1.165, 1.54) is 11.1 Å². The first-order valence-electron chi connectivity index (χ1n) is 5.11. The minimum Gasteiger partial charge on any atom is -0.311 e. The molecule has 0 bridgehead atoms. The highest BCUT2D eigenvalue weighted by atomic mass is 79.9. The lowest BCUT2D eigenvalue weighted by Crippen LogP contribution is -2.27. The number of aryl methyl sites for hydroxylation is 2. The fourth-order valence-electron chi connectivity index (χ4n) is 2.01. The highest BCUT2D eigenvalue weighted by molar-refractivity contribution is 9.10. The van der Waals surface area contributed by atoms with Crippen molar-refractivity contribution in [2.24, 2.45) is 0 Å². The third-order valence-electron chi connectivity index (χ3n) is 2.66. The van der Waals surface area contributed by atoms with Crippen LogP contribution < -0.4 is 4.90 Å². The number of carbonyl (C=O) groups excluding carboxylic acids is 1. The summed E-state index contributed by atoms with van der Waals surface area (Å²) in [7, 11) is 0. The van der Waals surface area contributed by atoms with Gasteiger partial charge in [-0.15, -0.1) is 0 Å². The third-order valence-corrected chi connectivity index (χ3v) is 3.51. The minimum absolute atomic E-state index is 0.00156. The van der Waals surface area contributed by atoms with Gasteiger partial charge in [0, 0.05) is 12.2 Å². The Morgan fingerprint density at radius 3 is 2.33 bits per heavy atom. The second kappa shape index (κ2) is 3.97. The van der Waals surface area contributed by atoms with Crippen LogP contribution in [0.5, 0.6) is 0 Å². The van der Waals surface area contributed by atoms with Gasteiger partial charge in [0.1, 0.15) is 0 Å². The number of anilines is 1. The fourth-order valence-corrected chi connectivity index (χ4v) is 2.46. The molecular weight excluding hydrogens is 254 g/mol. The van der Waals surface area contributed by atoms with Gasteiger partial charge < -0.3 is 4.90 Å². The molecule has 0 spiro atoms. The average Bonchev–Trinajstić information content (AvgIpc) is 2.46. The average molecular weight is 268 g/mol. The molecule has 2 rings (SSSR count). The number of rotatable bonds is 1. The lowest BCUT2D eigenvalue weighted by Gasteiger charge is -2.17. The van der Waals surface area contributed by atoms with Crippen LogP contribution in [0.15, 0.2) is 18.2 Å². The van der Waals surface area contributed by atoms with Gasteiger partial charge in [0.05, 0.1) is 4.83 Å². The molecule has 1 aromatic carbocycles. The van der Waals surface area contributed by atoms with Crippen molar-refractivity contribution in [1.82, 2.24) is 0 Å². The smallest absolute Gasteiger partial charge is 0.240 e. The third kappa shape index (κ3) is 2.07. The Morgan fingerprint density at radius 1 is 1.27 bits per heavy atom. The molecular formula is C12H14BrNO. The molecule has 0 saturated carbocycles. The van der Waals surface area contributed by atoms with Crippen LogP contribution in [0.3, 0.4) is 0 Å². The molecule has 15 heavy (non-hydrogen) atoms. The summed E-state index contributed by atoms with van der Waals surface area (Å²) in [6.07, 6.45) is 0.895. The van der Waals surface area contributed by atoms with Crippen LogP contribution in [0.1, 0.15) is 17.5 Å². The Kier molecular flexibility index (Phi) is 2.83. The van der Waals surface area contributed by atoms with Crippen molar-refractivity contribution in [2.75, 3.05) is 11.4 Å². The van der Waals surface area contributed by atoms with E-state index >= 15 is 0 Å². The standard InChI is InChI=1S/C12H14BrNO/c1-8-5-9(2)7-10(6-8)14-4-3-11(13)12(14)15/h5-7,11H,3-4H2,1-2H3. The van der Waals surface area contributed by atoms with E-state index in [2.05, 4.69) is 48.0 Å². The molecule has 0 N–H and O–H groups in total. The number of halogens is 1. The summed E-state index contributed by atoms with van der Waals surface area (Å²) in [6.45, 7) is 4.93. The number of carbonyl (C=O) groups is 1. The molecule has 1 fully saturated rings. The Hall–Kier alpha value is -0.830. The van der Waals surface area contributed by atoms with E-state index in [0.29, 0.717) is 0 Å². The number of hydrogen-bond donors (Lipinski definition) is 0. The van der Waals surface area contributed by atoms with Crippen molar-refractivity contribution >= 4 is 27.5 Å². The van der Waals surface area contributed by atoms with Gasteiger partial charge in [-0.2, -0.15) is 0 Å². The first kappa shape index (κ1) is 10.7. The zero-order valence-electron chi connectivity index (χ0n) is 8.96. The highest BCUT2D eigenvalue weighted by Gasteiger charge is 2.30. The zero-order valence-corrected chi connectivity index (χ0v) is 10.5. The van der Waals surface area contributed by atoms with Gasteiger partial charge in [0.25, 0.3) is 0 Å². The lowest BCUT2D eigenvalue weighted by molar-refractivity contribution is -0.116. The molecule has 1 saturated heterocycles. The monoisotopic (exact) mass is 267 g/mol. The molecule has 1 aliphatic heterocycles. The van der Waals surface area contributed by atoms with Crippen LogP contribution >= 0.6 is 15.9 Å². The molecule has 1 amide bonds. The van der Waals surface area contributed by atoms with Crippen molar-refractivity contribution in [3.05, 3.63) is 29.3 Å². The predicted molar refractivity (Wildman–Crippen MR) is 65.6 cm³/mol. The Morgan fingerprint density at radius 2 is 1.87 bits per heavy atom. The maximum absolute atomic E-state index is 11.8. The topological polar surface area (TPSA) is 20.3 Å². The fraction of sp³-hybridized carbons (Fsp3) is 0.417. The van der Waals surface area contributed by atoms with Crippen molar-refractivity contribution in [3.63, 3.8) is 0 Å². The number of benzene rings is 1. The molecule has 2 nitrogen and oxygen atoms in total. The van der Waals surface area contributed by atoms with Crippen LogP contribution in [0.4, 0.5) is 5.69 Å². The van der Waals surface area contributed by atoms with Crippen LogP contribution in [0, 0.1) is 13.8 Å².